The number of aromatic nitrogens is 1. The predicted octanol–water partition coefficient (Wildman–Crippen LogP) is 0.166. The largest absolute Gasteiger partial charge is 0.827 e. The number of aliphatic hydroxyl groups excluding tert-OH is 1. The summed E-state index contributed by atoms with van der Waals surface area (Å²) in [5.41, 5.74) is 1.20. The van der Waals surface area contributed by atoms with E-state index in [2.05, 4.69) is 13.8 Å². The summed E-state index contributed by atoms with van der Waals surface area (Å²) in [4.78, 5) is 0. The van der Waals surface area contributed by atoms with Crippen molar-refractivity contribution in [3.63, 3.8) is 0 Å². The molecule has 3 nitrogen and oxygen atoms in total. The van der Waals surface area contributed by atoms with E-state index >= 15 is 0 Å². The van der Waals surface area contributed by atoms with Crippen LogP contribution in [-0.4, -0.2) is 11.4 Å². The van der Waals surface area contributed by atoms with Crippen molar-refractivity contribution in [3.8, 4) is 0 Å². The van der Waals surface area contributed by atoms with Crippen molar-refractivity contribution in [2.75, 3.05) is 0 Å². The lowest BCUT2D eigenvalue weighted by Crippen LogP contribution is -2.44. The Morgan fingerprint density at radius 1 is 1.57 bits per heavy atom. The van der Waals surface area contributed by atoms with Gasteiger partial charge in [-0.05, 0) is 18.4 Å². The van der Waals surface area contributed by atoms with Crippen LogP contribution >= 0.6 is 0 Å². The molecule has 0 aliphatic carbocycles. The lowest BCUT2D eigenvalue weighted by atomic mass is 10.0. The molecule has 1 N–H and O–H groups in total. The third-order valence-electron chi connectivity index (χ3n) is 2.43. The van der Waals surface area contributed by atoms with Crippen LogP contribution in [0.15, 0.2) is 24.5 Å². The number of aliphatic hydroxyl groups is 1. The van der Waals surface area contributed by atoms with Gasteiger partial charge < -0.3 is 10.2 Å². The van der Waals surface area contributed by atoms with Crippen LogP contribution in [0.2, 0.25) is 0 Å². The van der Waals surface area contributed by atoms with Crippen molar-refractivity contribution in [1.82, 2.24) is 0 Å². The van der Waals surface area contributed by atoms with E-state index in [-0.39, 0.29) is 6.54 Å². The molecule has 0 fully saturated rings. The molecule has 0 saturated heterocycles. The molecule has 78 valence electrons. The van der Waals surface area contributed by atoms with Gasteiger partial charge in [0.05, 0.1) is 0 Å². The summed E-state index contributed by atoms with van der Waals surface area (Å²) in [7, 11) is 0. The zero-order chi connectivity index (χ0) is 10.6. The van der Waals surface area contributed by atoms with Crippen molar-refractivity contribution in [3.05, 3.63) is 30.1 Å². The molecule has 0 aliphatic rings. The maximum Gasteiger partial charge on any atom is 0.172 e. The topological polar surface area (TPSA) is 47.2 Å². The molecule has 2 unspecified atom stereocenters. The predicted molar refractivity (Wildman–Crippen MR) is 51.3 cm³/mol. The van der Waals surface area contributed by atoms with Crippen LogP contribution in [0.4, 0.5) is 0 Å². The second kappa shape index (κ2) is 5.08. The van der Waals surface area contributed by atoms with Gasteiger partial charge in [0, 0.05) is 17.9 Å². The fraction of sp³-hybridized carbons (Fsp3) is 0.545. The molecule has 1 heterocycles. The van der Waals surface area contributed by atoms with Gasteiger partial charge in [0.1, 0.15) is 0 Å². The molecular formula is C11H17NO2. The number of nitrogens with zero attached hydrogens (tertiary/aromatic N) is 1. The third kappa shape index (κ3) is 3.09. The van der Waals surface area contributed by atoms with E-state index in [0.717, 1.165) is 6.42 Å². The van der Waals surface area contributed by atoms with Gasteiger partial charge in [-0.25, -0.2) is 4.57 Å². The first-order valence-electron chi connectivity index (χ1n) is 4.96. The number of rotatable bonds is 4. The second-order valence-electron chi connectivity index (χ2n) is 3.60. The van der Waals surface area contributed by atoms with Gasteiger partial charge in [0.25, 0.3) is 0 Å². The van der Waals surface area contributed by atoms with E-state index in [9.17, 15) is 5.11 Å². The van der Waals surface area contributed by atoms with Gasteiger partial charge in [0.15, 0.2) is 18.9 Å². The average molecular weight is 195 g/mol. The van der Waals surface area contributed by atoms with Crippen LogP contribution in [0.5, 0.6) is 0 Å². The van der Waals surface area contributed by atoms with E-state index in [0.29, 0.717) is 5.92 Å². The smallest absolute Gasteiger partial charge is 0.172 e. The molecule has 0 saturated carbocycles. The molecule has 1 aromatic rings. The molecule has 2 atom stereocenters. The van der Waals surface area contributed by atoms with Crippen LogP contribution in [0.3, 0.4) is 0 Å². The summed E-state index contributed by atoms with van der Waals surface area (Å²) < 4.78 is 1.74. The van der Waals surface area contributed by atoms with Gasteiger partial charge in [-0.3, -0.25) is 0 Å². The van der Waals surface area contributed by atoms with Gasteiger partial charge in [-0.15, -0.1) is 0 Å². The van der Waals surface area contributed by atoms with E-state index in [1.807, 2.05) is 18.3 Å². The minimum atomic E-state index is -1.54. The Morgan fingerprint density at radius 2 is 2.29 bits per heavy atom. The van der Waals surface area contributed by atoms with Crippen molar-refractivity contribution in [1.29, 1.82) is 0 Å². The summed E-state index contributed by atoms with van der Waals surface area (Å²) in [6.45, 7) is 4.39. The zero-order valence-electron chi connectivity index (χ0n) is 8.68. The van der Waals surface area contributed by atoms with Gasteiger partial charge in [-0.1, -0.05) is 13.8 Å². The Bertz CT molecular complexity index is 286. The van der Waals surface area contributed by atoms with Crippen molar-refractivity contribution < 1.29 is 14.8 Å². The SMILES string of the molecule is CCC(C)c1ccc[n+](CC([O-])O)c1. The molecule has 0 bridgehead atoms. The molecule has 3 heteroatoms. The van der Waals surface area contributed by atoms with Crippen molar-refractivity contribution in [2.24, 2.45) is 0 Å². The van der Waals surface area contributed by atoms with Crippen molar-refractivity contribution >= 4 is 0 Å². The first kappa shape index (κ1) is 11.1. The Morgan fingerprint density at radius 3 is 2.86 bits per heavy atom. The highest BCUT2D eigenvalue weighted by Crippen LogP contribution is 2.15. The first-order valence-corrected chi connectivity index (χ1v) is 4.96. The highest BCUT2D eigenvalue weighted by Gasteiger charge is 2.08. The molecule has 14 heavy (non-hydrogen) atoms. The van der Waals surface area contributed by atoms with Crippen LogP contribution in [0.1, 0.15) is 31.7 Å². The first-order chi connectivity index (χ1) is 6.63. The molecule has 1 aromatic heterocycles. The summed E-state index contributed by atoms with van der Waals surface area (Å²) in [5, 5.41) is 19.3. The van der Waals surface area contributed by atoms with Crippen LogP contribution < -0.4 is 9.67 Å². The van der Waals surface area contributed by atoms with E-state index in [1.54, 1.807) is 10.8 Å². The van der Waals surface area contributed by atoms with Gasteiger partial charge in [-0.2, -0.15) is 0 Å². The zero-order valence-corrected chi connectivity index (χ0v) is 8.68. The Hall–Kier alpha value is -0.930. The van der Waals surface area contributed by atoms with Crippen LogP contribution in [0.25, 0.3) is 0 Å². The third-order valence-corrected chi connectivity index (χ3v) is 2.43. The normalized spacial score (nSPS) is 15.1. The number of hydrogen-bond acceptors (Lipinski definition) is 2. The maximum atomic E-state index is 10.6. The Kier molecular flexibility index (Phi) is 4.04. The maximum absolute atomic E-state index is 10.6. The number of hydrogen-bond donors (Lipinski definition) is 1. The fourth-order valence-electron chi connectivity index (χ4n) is 1.36. The summed E-state index contributed by atoms with van der Waals surface area (Å²) >= 11 is 0. The molecular weight excluding hydrogens is 178 g/mol. The van der Waals surface area contributed by atoms with E-state index in [1.165, 1.54) is 5.56 Å². The highest BCUT2D eigenvalue weighted by molar-refractivity contribution is 5.10. The Balaban J connectivity index is 2.78. The van der Waals surface area contributed by atoms with Gasteiger partial charge in [0.2, 0.25) is 0 Å². The quantitative estimate of drug-likeness (QED) is 0.550. The van der Waals surface area contributed by atoms with Crippen LogP contribution in [-0.2, 0) is 6.54 Å². The summed E-state index contributed by atoms with van der Waals surface area (Å²) in [6, 6.07) is 3.95. The molecule has 0 aliphatic heterocycles. The van der Waals surface area contributed by atoms with E-state index in [4.69, 9.17) is 5.11 Å². The van der Waals surface area contributed by atoms with Gasteiger partial charge >= 0.3 is 0 Å². The number of pyridine rings is 1. The lowest BCUT2D eigenvalue weighted by Gasteiger charge is -2.11. The van der Waals surface area contributed by atoms with Crippen molar-refractivity contribution in [2.45, 2.75) is 39.0 Å². The average Bonchev–Trinajstić information content (AvgIpc) is 2.16. The minimum absolute atomic E-state index is 0.115. The molecule has 0 amide bonds. The standard InChI is InChI=1S/C11H17NO2/c1-3-9(2)10-5-4-6-12(7-10)8-11(13)14/h4-7,9,11,13H,3,8H2,1-2H3. The molecule has 1 rings (SSSR count). The van der Waals surface area contributed by atoms with E-state index < -0.39 is 6.29 Å². The highest BCUT2D eigenvalue weighted by atomic mass is 16.5. The lowest BCUT2D eigenvalue weighted by molar-refractivity contribution is -0.735. The summed E-state index contributed by atoms with van der Waals surface area (Å²) in [6.07, 6.45) is 3.26. The minimum Gasteiger partial charge on any atom is -0.827 e. The molecule has 0 spiro atoms. The summed E-state index contributed by atoms with van der Waals surface area (Å²) in [5.74, 6) is 0.492. The molecule has 0 aromatic carbocycles. The monoisotopic (exact) mass is 195 g/mol. The molecule has 0 radical (unpaired) electrons. The second-order valence-corrected chi connectivity index (χ2v) is 3.60. The van der Waals surface area contributed by atoms with Crippen LogP contribution in [0, 0.1) is 0 Å². The fourth-order valence-corrected chi connectivity index (χ4v) is 1.36. The Labute approximate surface area is 84.6 Å².